The molecular weight excluding hydrogens is 276 g/mol. The number of hydrogen-bond acceptors (Lipinski definition) is 2. The van der Waals surface area contributed by atoms with Crippen LogP contribution in [0.4, 0.5) is 0 Å². The third kappa shape index (κ3) is 3.71. The lowest BCUT2D eigenvalue weighted by atomic mass is 10.1. The average Bonchev–Trinajstić information content (AvgIpc) is 2.41. The van der Waals surface area contributed by atoms with E-state index in [0.29, 0.717) is 21.7 Å². The van der Waals surface area contributed by atoms with Gasteiger partial charge in [-0.3, -0.25) is 4.79 Å². The molecule has 1 N–H and O–H groups in total. The van der Waals surface area contributed by atoms with Crippen LogP contribution in [0.15, 0.2) is 48.8 Å². The topological polar surface area (TPSA) is 56.0 Å². The second-order valence-corrected chi connectivity index (χ2v) is 5.03. The van der Waals surface area contributed by atoms with Crippen molar-refractivity contribution >= 4 is 17.5 Å². The SMILES string of the molecule is CC(Cc1ccccc1Cl)NC(=O)c1ccc[n+]([O-])c1. The highest BCUT2D eigenvalue weighted by molar-refractivity contribution is 6.31. The van der Waals surface area contributed by atoms with E-state index in [0.717, 1.165) is 5.56 Å². The fourth-order valence-corrected chi connectivity index (χ4v) is 2.15. The Kier molecular flexibility index (Phi) is 4.58. The molecule has 0 saturated carbocycles. The first-order valence-corrected chi connectivity index (χ1v) is 6.67. The molecule has 1 amide bonds. The fourth-order valence-electron chi connectivity index (χ4n) is 1.94. The average molecular weight is 291 g/mol. The smallest absolute Gasteiger partial charge is 0.257 e. The van der Waals surface area contributed by atoms with Gasteiger partial charge in [0.25, 0.3) is 5.91 Å². The van der Waals surface area contributed by atoms with Crippen LogP contribution in [0.1, 0.15) is 22.8 Å². The molecule has 4 nitrogen and oxygen atoms in total. The Morgan fingerprint density at radius 1 is 1.35 bits per heavy atom. The van der Waals surface area contributed by atoms with E-state index in [4.69, 9.17) is 11.6 Å². The second kappa shape index (κ2) is 6.39. The summed E-state index contributed by atoms with van der Waals surface area (Å²) in [5.74, 6) is -0.269. The standard InChI is InChI=1S/C15H15ClN2O2/c1-11(9-12-5-2-3-7-14(12)16)17-15(19)13-6-4-8-18(20)10-13/h2-8,10-11H,9H2,1H3,(H,17,19). The summed E-state index contributed by atoms with van der Waals surface area (Å²) in [4.78, 5) is 12.0. The van der Waals surface area contributed by atoms with Gasteiger partial charge in [-0.15, -0.1) is 0 Å². The van der Waals surface area contributed by atoms with E-state index in [2.05, 4.69) is 5.32 Å². The molecule has 1 aromatic heterocycles. The highest BCUT2D eigenvalue weighted by Crippen LogP contribution is 2.16. The first-order chi connectivity index (χ1) is 9.56. The molecule has 0 bridgehead atoms. The van der Waals surface area contributed by atoms with E-state index in [9.17, 15) is 10.0 Å². The summed E-state index contributed by atoms with van der Waals surface area (Å²) < 4.78 is 0.605. The summed E-state index contributed by atoms with van der Waals surface area (Å²) in [7, 11) is 0. The van der Waals surface area contributed by atoms with Crippen LogP contribution in [0.2, 0.25) is 5.02 Å². The van der Waals surface area contributed by atoms with Crippen molar-refractivity contribution in [2.45, 2.75) is 19.4 Å². The summed E-state index contributed by atoms with van der Waals surface area (Å²) in [5.41, 5.74) is 1.32. The zero-order valence-electron chi connectivity index (χ0n) is 11.0. The van der Waals surface area contributed by atoms with Crippen molar-refractivity contribution in [2.75, 3.05) is 0 Å². The van der Waals surface area contributed by atoms with Crippen LogP contribution in [0.25, 0.3) is 0 Å². The number of nitrogens with one attached hydrogen (secondary N) is 1. The van der Waals surface area contributed by atoms with Crippen molar-refractivity contribution in [2.24, 2.45) is 0 Å². The van der Waals surface area contributed by atoms with Gasteiger partial charge in [0.1, 0.15) is 5.56 Å². The third-order valence-corrected chi connectivity index (χ3v) is 3.27. The molecule has 2 aromatic rings. The molecule has 2 rings (SSSR count). The molecule has 1 aromatic carbocycles. The maximum atomic E-state index is 12.0. The molecule has 20 heavy (non-hydrogen) atoms. The Labute approximate surface area is 122 Å². The molecule has 0 saturated heterocycles. The Hall–Kier alpha value is -2.07. The van der Waals surface area contributed by atoms with Crippen molar-refractivity contribution in [3.8, 4) is 0 Å². The van der Waals surface area contributed by atoms with E-state index >= 15 is 0 Å². The fraction of sp³-hybridized carbons (Fsp3) is 0.200. The number of benzene rings is 1. The number of carbonyl (C=O) groups excluding carboxylic acids is 1. The molecule has 1 unspecified atom stereocenters. The van der Waals surface area contributed by atoms with Crippen molar-refractivity contribution < 1.29 is 9.52 Å². The highest BCUT2D eigenvalue weighted by Gasteiger charge is 2.13. The summed E-state index contributed by atoms with van der Waals surface area (Å²) in [6.45, 7) is 1.90. The summed E-state index contributed by atoms with van der Waals surface area (Å²) in [5, 5.41) is 14.7. The molecule has 0 aliphatic carbocycles. The van der Waals surface area contributed by atoms with Gasteiger partial charge in [0.15, 0.2) is 12.4 Å². The van der Waals surface area contributed by atoms with Crippen molar-refractivity contribution in [3.63, 3.8) is 0 Å². The lowest BCUT2D eigenvalue weighted by molar-refractivity contribution is -0.605. The number of rotatable bonds is 4. The van der Waals surface area contributed by atoms with E-state index < -0.39 is 0 Å². The second-order valence-electron chi connectivity index (χ2n) is 4.62. The van der Waals surface area contributed by atoms with E-state index in [1.165, 1.54) is 12.4 Å². The minimum Gasteiger partial charge on any atom is -0.619 e. The van der Waals surface area contributed by atoms with Crippen LogP contribution in [-0.4, -0.2) is 11.9 Å². The van der Waals surface area contributed by atoms with Gasteiger partial charge in [-0.25, -0.2) is 0 Å². The molecule has 1 heterocycles. The molecular formula is C15H15ClN2O2. The normalized spacial score (nSPS) is 11.9. The van der Waals surface area contributed by atoms with Crippen LogP contribution in [0.5, 0.6) is 0 Å². The first kappa shape index (κ1) is 14.3. The molecule has 0 aliphatic rings. The lowest BCUT2D eigenvalue weighted by Crippen LogP contribution is -2.36. The van der Waals surface area contributed by atoms with Crippen molar-refractivity contribution in [3.05, 3.63) is 70.1 Å². The van der Waals surface area contributed by atoms with E-state index in [1.807, 2.05) is 31.2 Å². The maximum Gasteiger partial charge on any atom is 0.257 e. The van der Waals surface area contributed by atoms with Gasteiger partial charge in [-0.2, -0.15) is 4.73 Å². The Bertz CT molecular complexity index is 616. The largest absolute Gasteiger partial charge is 0.619 e. The minimum absolute atomic E-state index is 0.0808. The zero-order valence-corrected chi connectivity index (χ0v) is 11.8. The van der Waals surface area contributed by atoms with Gasteiger partial charge < -0.3 is 10.5 Å². The van der Waals surface area contributed by atoms with Gasteiger partial charge in [-0.1, -0.05) is 29.8 Å². The Morgan fingerprint density at radius 2 is 2.10 bits per heavy atom. The van der Waals surface area contributed by atoms with Crippen LogP contribution < -0.4 is 10.0 Å². The molecule has 1 atom stereocenters. The van der Waals surface area contributed by atoms with Crippen molar-refractivity contribution in [1.29, 1.82) is 0 Å². The number of carbonyl (C=O) groups is 1. The zero-order chi connectivity index (χ0) is 14.5. The number of amides is 1. The summed E-state index contributed by atoms with van der Waals surface area (Å²) >= 11 is 6.09. The number of aromatic nitrogens is 1. The number of halogens is 1. The summed E-state index contributed by atoms with van der Waals surface area (Å²) in [6.07, 6.45) is 3.22. The monoisotopic (exact) mass is 290 g/mol. The number of hydrogen-bond donors (Lipinski definition) is 1. The van der Waals surface area contributed by atoms with Gasteiger partial charge in [0, 0.05) is 17.1 Å². The molecule has 0 spiro atoms. The molecule has 0 aliphatic heterocycles. The van der Waals surface area contributed by atoms with Crippen LogP contribution in [0.3, 0.4) is 0 Å². The van der Waals surface area contributed by atoms with Crippen LogP contribution >= 0.6 is 11.6 Å². The Morgan fingerprint density at radius 3 is 2.80 bits per heavy atom. The first-order valence-electron chi connectivity index (χ1n) is 6.29. The molecule has 0 radical (unpaired) electrons. The molecule has 5 heteroatoms. The third-order valence-electron chi connectivity index (χ3n) is 2.90. The van der Waals surface area contributed by atoms with Gasteiger partial charge >= 0.3 is 0 Å². The van der Waals surface area contributed by atoms with E-state index in [1.54, 1.807) is 12.1 Å². The number of nitrogens with zero attached hydrogens (tertiary/aromatic N) is 1. The lowest BCUT2D eigenvalue weighted by Gasteiger charge is -2.14. The van der Waals surface area contributed by atoms with Gasteiger partial charge in [-0.05, 0) is 31.0 Å². The van der Waals surface area contributed by atoms with Crippen molar-refractivity contribution in [1.82, 2.24) is 5.32 Å². The van der Waals surface area contributed by atoms with E-state index in [-0.39, 0.29) is 11.9 Å². The minimum atomic E-state index is -0.269. The van der Waals surface area contributed by atoms with Gasteiger partial charge in [0.05, 0.1) is 0 Å². The molecule has 104 valence electrons. The highest BCUT2D eigenvalue weighted by atomic mass is 35.5. The van der Waals surface area contributed by atoms with Crippen LogP contribution in [0, 0.1) is 5.21 Å². The maximum absolute atomic E-state index is 12.0. The quantitative estimate of drug-likeness (QED) is 0.694. The summed E-state index contributed by atoms with van der Waals surface area (Å²) in [6, 6.07) is 10.6. The number of pyridine rings is 1. The predicted octanol–water partition coefficient (Wildman–Crippen LogP) is 2.33. The van der Waals surface area contributed by atoms with Crippen LogP contribution in [-0.2, 0) is 6.42 Å². The van der Waals surface area contributed by atoms with Gasteiger partial charge in [0.2, 0.25) is 0 Å². The predicted molar refractivity (Wildman–Crippen MR) is 77.5 cm³/mol. The molecule has 0 fully saturated rings. The Balaban J connectivity index is 2.00.